The van der Waals surface area contributed by atoms with Gasteiger partial charge in [0.05, 0.1) is 12.2 Å². The minimum absolute atomic E-state index is 0.112. The van der Waals surface area contributed by atoms with Crippen molar-refractivity contribution < 1.29 is 23.5 Å². The number of rotatable bonds is 8. The third-order valence-electron chi connectivity index (χ3n) is 4.02. The quantitative estimate of drug-likeness (QED) is 0.706. The molecule has 0 radical (unpaired) electrons. The number of carbonyl (C=O) groups is 3. The molecule has 2 amide bonds. The molecule has 0 saturated carbocycles. The minimum atomic E-state index is -0.418. The molecule has 0 aromatic heterocycles. The van der Waals surface area contributed by atoms with Gasteiger partial charge in [-0.3, -0.25) is 9.59 Å². The van der Waals surface area contributed by atoms with Gasteiger partial charge in [-0.25, -0.2) is 9.18 Å². The van der Waals surface area contributed by atoms with Crippen LogP contribution in [-0.4, -0.2) is 35.8 Å². The third-order valence-corrected chi connectivity index (χ3v) is 4.02. The average Bonchev–Trinajstić information content (AvgIpc) is 2.67. The van der Waals surface area contributed by atoms with Crippen LogP contribution >= 0.6 is 0 Å². The van der Waals surface area contributed by atoms with Crippen LogP contribution in [0.2, 0.25) is 0 Å². The number of ether oxygens (including phenoxy) is 1. The van der Waals surface area contributed by atoms with Crippen LogP contribution < -0.4 is 5.32 Å². The first-order chi connectivity index (χ1) is 13.4. The summed E-state index contributed by atoms with van der Waals surface area (Å²) in [7, 11) is 0. The first-order valence-corrected chi connectivity index (χ1v) is 8.96. The van der Waals surface area contributed by atoms with E-state index in [9.17, 15) is 18.8 Å². The molecule has 7 heteroatoms. The Balaban J connectivity index is 1.87. The Bertz CT molecular complexity index is 819. The van der Waals surface area contributed by atoms with E-state index in [4.69, 9.17) is 4.74 Å². The average molecular weight is 386 g/mol. The van der Waals surface area contributed by atoms with Crippen LogP contribution in [0.4, 0.5) is 10.1 Å². The van der Waals surface area contributed by atoms with Gasteiger partial charge < -0.3 is 15.0 Å². The van der Waals surface area contributed by atoms with Gasteiger partial charge >= 0.3 is 5.97 Å². The lowest BCUT2D eigenvalue weighted by Gasteiger charge is -2.21. The smallest absolute Gasteiger partial charge is 0.338 e. The summed E-state index contributed by atoms with van der Waals surface area (Å²) in [5, 5.41) is 2.73. The Morgan fingerprint density at radius 2 is 1.68 bits per heavy atom. The van der Waals surface area contributed by atoms with Gasteiger partial charge in [0.2, 0.25) is 11.8 Å². The number of benzene rings is 2. The highest BCUT2D eigenvalue weighted by atomic mass is 19.1. The van der Waals surface area contributed by atoms with Crippen molar-refractivity contribution in [2.45, 2.75) is 26.8 Å². The molecule has 2 aromatic carbocycles. The zero-order chi connectivity index (χ0) is 20.5. The maximum absolute atomic E-state index is 13.0. The van der Waals surface area contributed by atoms with E-state index < -0.39 is 5.97 Å². The fourth-order valence-corrected chi connectivity index (χ4v) is 2.52. The van der Waals surface area contributed by atoms with Crippen molar-refractivity contribution in [3.8, 4) is 0 Å². The monoisotopic (exact) mass is 386 g/mol. The summed E-state index contributed by atoms with van der Waals surface area (Å²) in [6.45, 7) is 3.99. The summed E-state index contributed by atoms with van der Waals surface area (Å²) in [4.78, 5) is 37.1. The van der Waals surface area contributed by atoms with Crippen molar-refractivity contribution in [2.24, 2.45) is 0 Å². The van der Waals surface area contributed by atoms with Crippen molar-refractivity contribution in [3.05, 3.63) is 65.5 Å². The molecule has 2 rings (SSSR count). The number of carbonyl (C=O) groups excluding carboxylic acids is 3. The first kappa shape index (κ1) is 21.1. The number of esters is 1. The topological polar surface area (TPSA) is 75.7 Å². The highest BCUT2D eigenvalue weighted by Crippen LogP contribution is 2.12. The maximum atomic E-state index is 13.0. The van der Waals surface area contributed by atoms with Crippen LogP contribution in [0.15, 0.2) is 48.5 Å². The summed E-state index contributed by atoms with van der Waals surface area (Å²) in [5.41, 5.74) is 1.74. The molecule has 0 aliphatic rings. The Kier molecular flexibility index (Phi) is 7.68. The number of halogens is 1. The van der Waals surface area contributed by atoms with Crippen LogP contribution in [-0.2, 0) is 20.9 Å². The van der Waals surface area contributed by atoms with Gasteiger partial charge in [-0.2, -0.15) is 0 Å². The standard InChI is InChI=1S/C21H23FN2O4/c1-3-28-21(27)17-6-10-19(11-7-17)23-20(26)12-13-24(15(2)25)14-16-4-8-18(22)9-5-16/h4-11H,3,12-14H2,1-2H3,(H,23,26). The molecule has 0 saturated heterocycles. The second-order valence-electron chi connectivity index (χ2n) is 6.16. The molecule has 0 bridgehead atoms. The maximum Gasteiger partial charge on any atom is 0.338 e. The zero-order valence-electron chi connectivity index (χ0n) is 15.9. The van der Waals surface area contributed by atoms with E-state index in [1.807, 2.05) is 0 Å². The van der Waals surface area contributed by atoms with E-state index in [2.05, 4.69) is 5.32 Å². The molecule has 0 spiro atoms. The molecule has 6 nitrogen and oxygen atoms in total. The van der Waals surface area contributed by atoms with Gasteiger partial charge in [0.15, 0.2) is 0 Å². The van der Waals surface area contributed by atoms with Crippen molar-refractivity contribution in [1.29, 1.82) is 0 Å². The molecular weight excluding hydrogens is 363 g/mol. The Morgan fingerprint density at radius 3 is 2.25 bits per heavy atom. The van der Waals surface area contributed by atoms with Crippen molar-refractivity contribution in [1.82, 2.24) is 4.90 Å². The predicted octanol–water partition coefficient (Wildman–Crippen LogP) is 3.38. The summed E-state index contributed by atoms with van der Waals surface area (Å²) in [5.74, 6) is -1.19. The van der Waals surface area contributed by atoms with E-state index in [-0.39, 0.29) is 30.6 Å². The van der Waals surface area contributed by atoms with Gasteiger partial charge in [0.1, 0.15) is 5.82 Å². The second kappa shape index (κ2) is 10.2. The predicted molar refractivity (Wildman–Crippen MR) is 103 cm³/mol. The molecule has 0 aliphatic carbocycles. The number of nitrogens with zero attached hydrogens (tertiary/aromatic N) is 1. The van der Waals surface area contributed by atoms with Gasteiger partial charge in [-0.15, -0.1) is 0 Å². The molecule has 0 atom stereocenters. The molecule has 28 heavy (non-hydrogen) atoms. The van der Waals surface area contributed by atoms with Gasteiger partial charge in [0, 0.05) is 32.1 Å². The van der Waals surface area contributed by atoms with Crippen LogP contribution in [0, 0.1) is 5.82 Å². The van der Waals surface area contributed by atoms with E-state index in [0.717, 1.165) is 5.56 Å². The summed E-state index contributed by atoms with van der Waals surface area (Å²) < 4.78 is 17.9. The number of hydrogen-bond donors (Lipinski definition) is 1. The van der Waals surface area contributed by atoms with Crippen LogP contribution in [0.5, 0.6) is 0 Å². The van der Waals surface area contributed by atoms with Crippen LogP contribution in [0.1, 0.15) is 36.2 Å². The Hall–Kier alpha value is -3.22. The fraction of sp³-hybridized carbons (Fsp3) is 0.286. The number of amides is 2. The highest BCUT2D eigenvalue weighted by molar-refractivity contribution is 5.93. The summed E-state index contributed by atoms with van der Waals surface area (Å²) in [6.07, 6.45) is 0.112. The lowest BCUT2D eigenvalue weighted by atomic mass is 10.2. The molecule has 148 valence electrons. The van der Waals surface area contributed by atoms with Gasteiger partial charge in [-0.1, -0.05) is 12.1 Å². The van der Waals surface area contributed by atoms with Gasteiger partial charge in [0.25, 0.3) is 0 Å². The Labute approximate surface area is 163 Å². The van der Waals surface area contributed by atoms with Crippen molar-refractivity contribution >= 4 is 23.5 Å². The summed E-state index contributed by atoms with van der Waals surface area (Å²) in [6, 6.07) is 12.3. The summed E-state index contributed by atoms with van der Waals surface area (Å²) >= 11 is 0. The minimum Gasteiger partial charge on any atom is -0.462 e. The molecule has 0 heterocycles. The lowest BCUT2D eigenvalue weighted by molar-refractivity contribution is -0.129. The molecular formula is C21H23FN2O4. The second-order valence-corrected chi connectivity index (χ2v) is 6.16. The number of anilines is 1. The fourth-order valence-electron chi connectivity index (χ4n) is 2.52. The largest absolute Gasteiger partial charge is 0.462 e. The molecule has 0 fully saturated rings. The Morgan fingerprint density at radius 1 is 1.04 bits per heavy atom. The molecule has 0 unspecified atom stereocenters. The van der Waals surface area contributed by atoms with E-state index >= 15 is 0 Å². The van der Waals surface area contributed by atoms with Crippen molar-refractivity contribution in [2.75, 3.05) is 18.5 Å². The van der Waals surface area contributed by atoms with Gasteiger partial charge in [-0.05, 0) is 48.9 Å². The first-order valence-electron chi connectivity index (χ1n) is 8.96. The third kappa shape index (κ3) is 6.50. The molecule has 1 N–H and O–H groups in total. The normalized spacial score (nSPS) is 10.2. The van der Waals surface area contributed by atoms with E-state index in [1.54, 1.807) is 43.3 Å². The zero-order valence-corrected chi connectivity index (χ0v) is 15.9. The van der Waals surface area contributed by atoms with E-state index in [0.29, 0.717) is 24.4 Å². The number of hydrogen-bond acceptors (Lipinski definition) is 4. The van der Waals surface area contributed by atoms with Crippen LogP contribution in [0.25, 0.3) is 0 Å². The molecule has 2 aromatic rings. The highest BCUT2D eigenvalue weighted by Gasteiger charge is 2.13. The SMILES string of the molecule is CCOC(=O)c1ccc(NC(=O)CCN(Cc2ccc(F)cc2)C(C)=O)cc1. The van der Waals surface area contributed by atoms with E-state index in [1.165, 1.54) is 24.0 Å². The lowest BCUT2D eigenvalue weighted by Crippen LogP contribution is -2.31. The van der Waals surface area contributed by atoms with Crippen molar-refractivity contribution in [3.63, 3.8) is 0 Å². The molecule has 0 aliphatic heterocycles. The number of nitrogens with one attached hydrogen (secondary N) is 1. The van der Waals surface area contributed by atoms with Crippen LogP contribution in [0.3, 0.4) is 0 Å².